The third-order valence-corrected chi connectivity index (χ3v) is 7.15. The lowest BCUT2D eigenvalue weighted by atomic mass is 9.79. The maximum atomic E-state index is 6.11. The summed E-state index contributed by atoms with van der Waals surface area (Å²) in [5, 5.41) is 8.02. The number of halogens is 1. The lowest BCUT2D eigenvalue weighted by Crippen LogP contribution is -2.41. The molecule has 1 aliphatic heterocycles. The lowest BCUT2D eigenvalue weighted by Gasteiger charge is -2.32. The number of aryl methyl sites for hydroxylation is 1. The number of aromatic nitrogens is 2. The third kappa shape index (κ3) is 5.47. The van der Waals surface area contributed by atoms with Crippen molar-refractivity contribution in [2.75, 3.05) is 29.9 Å². The molecule has 0 spiro atoms. The van der Waals surface area contributed by atoms with Crippen LogP contribution in [0.1, 0.15) is 56.7 Å². The fourth-order valence-electron chi connectivity index (χ4n) is 4.99. The number of rotatable bonds is 5. The van der Waals surface area contributed by atoms with Crippen LogP contribution in [0.3, 0.4) is 0 Å². The summed E-state index contributed by atoms with van der Waals surface area (Å²) in [5.74, 6) is 2.24. The molecule has 31 heavy (non-hydrogen) atoms. The van der Waals surface area contributed by atoms with Crippen molar-refractivity contribution < 1.29 is 0 Å². The van der Waals surface area contributed by atoms with Gasteiger partial charge in [-0.15, -0.1) is 0 Å². The van der Waals surface area contributed by atoms with Gasteiger partial charge in [0.05, 0.1) is 0 Å². The molecule has 5 nitrogen and oxygen atoms in total. The van der Waals surface area contributed by atoms with Crippen molar-refractivity contribution in [3.63, 3.8) is 0 Å². The molecule has 2 N–H and O–H groups in total. The van der Waals surface area contributed by atoms with Gasteiger partial charge in [-0.25, -0.2) is 4.98 Å². The molecule has 2 aromatic rings. The minimum absolute atomic E-state index is 0.0961. The zero-order chi connectivity index (χ0) is 21.8. The Bertz CT molecular complexity index is 911. The van der Waals surface area contributed by atoms with Crippen LogP contribution in [-0.2, 0) is 5.41 Å². The predicted octanol–water partition coefficient (Wildman–Crippen LogP) is 5.47. The van der Waals surface area contributed by atoms with Crippen LogP contribution in [0.5, 0.6) is 0 Å². The van der Waals surface area contributed by atoms with Crippen LogP contribution in [0.15, 0.2) is 30.3 Å². The van der Waals surface area contributed by atoms with E-state index in [-0.39, 0.29) is 5.41 Å². The zero-order valence-electron chi connectivity index (χ0n) is 18.5. The minimum Gasteiger partial charge on any atom is -0.361 e. The second kappa shape index (κ2) is 9.70. The second-order valence-corrected chi connectivity index (χ2v) is 10.0. The average molecular weight is 458 g/mol. The van der Waals surface area contributed by atoms with Gasteiger partial charge in [0.2, 0.25) is 5.95 Å². The molecule has 1 aromatic heterocycles. The molecular weight excluding hydrogens is 426 g/mol. The van der Waals surface area contributed by atoms with Crippen LogP contribution in [0.4, 0.5) is 11.8 Å². The lowest BCUT2D eigenvalue weighted by molar-refractivity contribution is 0.435. The van der Waals surface area contributed by atoms with E-state index in [9.17, 15) is 0 Å². The first kappa shape index (κ1) is 22.3. The summed E-state index contributed by atoms with van der Waals surface area (Å²) in [4.78, 5) is 11.7. The van der Waals surface area contributed by atoms with E-state index in [4.69, 9.17) is 28.8 Å². The maximum absolute atomic E-state index is 6.11. The Hall–Kier alpha value is -1.92. The van der Waals surface area contributed by atoms with Gasteiger partial charge in [0.15, 0.2) is 5.11 Å². The van der Waals surface area contributed by atoms with E-state index in [0.29, 0.717) is 17.0 Å². The van der Waals surface area contributed by atoms with E-state index in [0.717, 1.165) is 49.0 Å². The highest BCUT2D eigenvalue weighted by molar-refractivity contribution is 7.80. The van der Waals surface area contributed by atoms with E-state index in [2.05, 4.69) is 45.6 Å². The maximum Gasteiger partial charge on any atom is 0.231 e. The number of nitrogens with one attached hydrogen (secondary N) is 2. The molecule has 2 heterocycles. The standard InChI is InChI=1S/C24H32ClN5S/c1-17-6-5-13-30(15-17)21-14-18(2)27-22(28-21)29-23(31)26-16-24(11-3-4-12-24)19-7-9-20(25)10-8-19/h7-10,14,17H,3-6,11-13,15-16H2,1-2H3,(H2,26,27,28,29,31). The van der Waals surface area contributed by atoms with E-state index in [1.54, 1.807) is 0 Å². The van der Waals surface area contributed by atoms with Gasteiger partial charge < -0.3 is 15.5 Å². The number of hydrogen-bond acceptors (Lipinski definition) is 4. The van der Waals surface area contributed by atoms with Crippen molar-refractivity contribution in [2.45, 2.75) is 57.8 Å². The van der Waals surface area contributed by atoms with Gasteiger partial charge in [-0.3, -0.25) is 0 Å². The largest absolute Gasteiger partial charge is 0.361 e. The number of benzene rings is 1. The summed E-state index contributed by atoms with van der Waals surface area (Å²) in [6.07, 6.45) is 7.28. The van der Waals surface area contributed by atoms with Crippen molar-refractivity contribution in [3.05, 3.63) is 46.6 Å². The molecule has 1 aromatic carbocycles. The molecule has 1 aliphatic carbocycles. The van der Waals surface area contributed by atoms with E-state index in [1.165, 1.54) is 31.2 Å². The number of thiocarbonyl (C=S) groups is 1. The quantitative estimate of drug-likeness (QED) is 0.580. The fourth-order valence-corrected chi connectivity index (χ4v) is 5.27. The summed E-state index contributed by atoms with van der Waals surface area (Å²) in [6, 6.07) is 10.3. The van der Waals surface area contributed by atoms with E-state index < -0.39 is 0 Å². The fraction of sp³-hybridized carbons (Fsp3) is 0.542. The molecule has 2 aliphatic rings. The van der Waals surface area contributed by atoms with Crippen LogP contribution in [0, 0.1) is 12.8 Å². The summed E-state index contributed by atoms with van der Waals surface area (Å²) >= 11 is 11.7. The Morgan fingerprint density at radius 2 is 1.94 bits per heavy atom. The summed E-state index contributed by atoms with van der Waals surface area (Å²) in [5.41, 5.74) is 2.37. The predicted molar refractivity (Wildman–Crippen MR) is 133 cm³/mol. The summed E-state index contributed by atoms with van der Waals surface area (Å²) < 4.78 is 0. The highest BCUT2D eigenvalue weighted by atomic mass is 35.5. The number of anilines is 2. The molecular formula is C24H32ClN5S. The van der Waals surface area contributed by atoms with Gasteiger partial charge in [-0.05, 0) is 68.4 Å². The van der Waals surface area contributed by atoms with Crippen molar-refractivity contribution in [1.29, 1.82) is 0 Å². The van der Waals surface area contributed by atoms with Gasteiger partial charge in [0.1, 0.15) is 5.82 Å². The number of piperidine rings is 1. The van der Waals surface area contributed by atoms with E-state index >= 15 is 0 Å². The first-order valence-electron chi connectivity index (χ1n) is 11.4. The third-order valence-electron chi connectivity index (χ3n) is 6.65. The number of hydrogen-bond donors (Lipinski definition) is 2. The SMILES string of the molecule is Cc1cc(N2CCCC(C)C2)nc(NC(=S)NCC2(c3ccc(Cl)cc3)CCCC2)n1. The first-order chi connectivity index (χ1) is 14.9. The van der Waals surface area contributed by atoms with Crippen molar-refractivity contribution in [2.24, 2.45) is 5.92 Å². The van der Waals surface area contributed by atoms with Crippen molar-refractivity contribution >= 4 is 40.7 Å². The second-order valence-electron chi connectivity index (χ2n) is 9.19. The van der Waals surface area contributed by atoms with E-state index in [1.807, 2.05) is 19.1 Å². The minimum atomic E-state index is 0.0961. The van der Waals surface area contributed by atoms with Crippen LogP contribution in [0.2, 0.25) is 5.02 Å². The molecule has 1 unspecified atom stereocenters. The van der Waals surface area contributed by atoms with Crippen LogP contribution < -0.4 is 15.5 Å². The van der Waals surface area contributed by atoms with Gasteiger partial charge >= 0.3 is 0 Å². The topological polar surface area (TPSA) is 53.1 Å². The molecule has 0 bridgehead atoms. The van der Waals surface area contributed by atoms with Crippen molar-refractivity contribution in [1.82, 2.24) is 15.3 Å². The van der Waals surface area contributed by atoms with Gasteiger partial charge in [0.25, 0.3) is 0 Å². The summed E-state index contributed by atoms with van der Waals surface area (Å²) in [6.45, 7) is 7.20. The Morgan fingerprint density at radius 1 is 1.19 bits per heavy atom. The average Bonchev–Trinajstić information content (AvgIpc) is 3.22. The zero-order valence-corrected chi connectivity index (χ0v) is 20.0. The van der Waals surface area contributed by atoms with Crippen molar-refractivity contribution in [3.8, 4) is 0 Å². The molecule has 1 atom stereocenters. The molecule has 4 rings (SSSR count). The first-order valence-corrected chi connectivity index (χ1v) is 12.1. The summed E-state index contributed by atoms with van der Waals surface area (Å²) in [7, 11) is 0. The van der Waals surface area contributed by atoms with Gasteiger partial charge in [-0.2, -0.15) is 4.98 Å². The van der Waals surface area contributed by atoms with Gasteiger partial charge in [0, 0.05) is 41.8 Å². The molecule has 0 amide bonds. The Labute approximate surface area is 196 Å². The normalized spacial score (nSPS) is 20.5. The highest BCUT2D eigenvalue weighted by Gasteiger charge is 2.35. The molecule has 2 fully saturated rings. The molecule has 1 saturated heterocycles. The Kier molecular flexibility index (Phi) is 6.97. The van der Waals surface area contributed by atoms with Crippen LogP contribution in [0.25, 0.3) is 0 Å². The highest BCUT2D eigenvalue weighted by Crippen LogP contribution is 2.41. The Balaban J connectivity index is 1.42. The number of nitrogens with zero attached hydrogens (tertiary/aromatic N) is 3. The molecule has 7 heteroatoms. The molecule has 166 valence electrons. The molecule has 1 saturated carbocycles. The monoisotopic (exact) mass is 457 g/mol. The molecule has 0 radical (unpaired) electrons. The van der Waals surface area contributed by atoms with Crippen LogP contribution >= 0.6 is 23.8 Å². The van der Waals surface area contributed by atoms with Gasteiger partial charge in [-0.1, -0.05) is 43.5 Å². The Morgan fingerprint density at radius 3 is 2.65 bits per heavy atom. The smallest absolute Gasteiger partial charge is 0.231 e. The van der Waals surface area contributed by atoms with Crippen LogP contribution in [-0.4, -0.2) is 34.7 Å².